The van der Waals surface area contributed by atoms with Crippen LogP contribution >= 0.6 is 0 Å². The van der Waals surface area contributed by atoms with Gasteiger partial charge in [0.25, 0.3) is 5.91 Å². The van der Waals surface area contributed by atoms with Crippen molar-refractivity contribution in [2.24, 2.45) is 5.10 Å². The van der Waals surface area contributed by atoms with E-state index in [0.717, 1.165) is 16.8 Å². The molecule has 0 N–H and O–H groups in total. The van der Waals surface area contributed by atoms with E-state index in [4.69, 9.17) is 4.74 Å². The molecule has 1 amide bonds. The third kappa shape index (κ3) is 3.87. The van der Waals surface area contributed by atoms with Gasteiger partial charge < -0.3 is 4.74 Å². The molecule has 1 aliphatic heterocycles. The summed E-state index contributed by atoms with van der Waals surface area (Å²) in [5, 5.41) is 6.10. The van der Waals surface area contributed by atoms with Crippen molar-refractivity contribution in [1.29, 1.82) is 0 Å². The third-order valence-electron chi connectivity index (χ3n) is 4.50. The molecule has 3 aromatic rings. The van der Waals surface area contributed by atoms with Crippen molar-refractivity contribution in [3.63, 3.8) is 0 Å². The van der Waals surface area contributed by atoms with Crippen LogP contribution in [-0.2, 0) is 4.79 Å². The van der Waals surface area contributed by atoms with Crippen LogP contribution in [-0.4, -0.2) is 18.2 Å². The molecule has 0 unspecified atom stereocenters. The maximum atomic E-state index is 13.3. The minimum atomic E-state index is -0.173. The molecule has 0 bridgehead atoms. The van der Waals surface area contributed by atoms with Crippen molar-refractivity contribution >= 4 is 23.4 Å². The lowest BCUT2D eigenvalue weighted by atomic mass is 10.00. The van der Waals surface area contributed by atoms with Gasteiger partial charge in [0.2, 0.25) is 0 Å². The van der Waals surface area contributed by atoms with Gasteiger partial charge in [0.05, 0.1) is 11.3 Å². The Labute approximate surface area is 170 Å². The van der Waals surface area contributed by atoms with Crippen molar-refractivity contribution in [2.75, 3.05) is 11.6 Å². The molecular formula is C25H20N2O2. The third-order valence-corrected chi connectivity index (χ3v) is 4.50. The number of hydrogen-bond donors (Lipinski definition) is 0. The fraction of sp³-hybridized carbons (Fsp3) is 0.0400. The molecular weight excluding hydrogens is 360 g/mol. The summed E-state index contributed by atoms with van der Waals surface area (Å²) in [5.41, 5.74) is 3.59. The monoisotopic (exact) mass is 380 g/mol. The molecule has 0 spiro atoms. The standard InChI is InChI=1S/C25H20N2O2/c1-2-17-29-23-16-10-9-13-20(23)18-22-24(19-11-5-3-6-12-19)26-27(25(22)28)21-14-7-4-8-15-21/h2-16,18H,1,17H2/b22-18+. The lowest BCUT2D eigenvalue weighted by Crippen LogP contribution is -2.21. The first kappa shape index (κ1) is 18.4. The number of rotatable bonds is 6. The first-order valence-electron chi connectivity index (χ1n) is 9.36. The van der Waals surface area contributed by atoms with E-state index in [2.05, 4.69) is 11.7 Å². The van der Waals surface area contributed by atoms with Gasteiger partial charge in [-0.2, -0.15) is 10.1 Å². The Kier molecular flexibility index (Phi) is 5.34. The summed E-state index contributed by atoms with van der Waals surface area (Å²) in [6.07, 6.45) is 3.54. The molecule has 4 heteroatoms. The van der Waals surface area contributed by atoms with E-state index in [1.807, 2.05) is 91.0 Å². The Balaban J connectivity index is 1.81. The van der Waals surface area contributed by atoms with Crippen LogP contribution in [0, 0.1) is 0 Å². The molecule has 0 atom stereocenters. The van der Waals surface area contributed by atoms with Gasteiger partial charge in [0.15, 0.2) is 0 Å². The van der Waals surface area contributed by atoms with E-state index in [9.17, 15) is 4.79 Å². The molecule has 0 aliphatic carbocycles. The van der Waals surface area contributed by atoms with Gasteiger partial charge >= 0.3 is 0 Å². The van der Waals surface area contributed by atoms with Crippen LogP contribution in [0.15, 0.2) is 108 Å². The summed E-state index contributed by atoms with van der Waals surface area (Å²) in [5.74, 6) is 0.520. The zero-order valence-electron chi connectivity index (χ0n) is 15.9. The van der Waals surface area contributed by atoms with Gasteiger partial charge in [-0.1, -0.05) is 79.4 Å². The first-order chi connectivity index (χ1) is 14.3. The quantitative estimate of drug-likeness (QED) is 0.442. The van der Waals surface area contributed by atoms with Crippen molar-refractivity contribution in [3.05, 3.63) is 114 Å². The molecule has 142 valence electrons. The molecule has 0 aromatic heterocycles. The highest BCUT2D eigenvalue weighted by atomic mass is 16.5. The SMILES string of the molecule is C=CCOc1ccccc1/C=C1/C(=O)N(c2ccccc2)N=C1c1ccccc1. The fourth-order valence-corrected chi connectivity index (χ4v) is 3.13. The van der Waals surface area contributed by atoms with Crippen LogP contribution in [0.5, 0.6) is 5.75 Å². The molecule has 0 saturated carbocycles. The van der Waals surface area contributed by atoms with Gasteiger partial charge in [-0.25, -0.2) is 0 Å². The van der Waals surface area contributed by atoms with E-state index in [0.29, 0.717) is 23.6 Å². The Bertz CT molecular complexity index is 1090. The van der Waals surface area contributed by atoms with Gasteiger partial charge in [0, 0.05) is 11.1 Å². The molecule has 3 aromatic carbocycles. The summed E-state index contributed by atoms with van der Waals surface area (Å²) >= 11 is 0. The molecule has 4 rings (SSSR count). The van der Waals surface area contributed by atoms with E-state index in [1.54, 1.807) is 6.08 Å². The second-order valence-corrected chi connectivity index (χ2v) is 6.46. The maximum absolute atomic E-state index is 13.3. The van der Waals surface area contributed by atoms with Gasteiger partial charge in [-0.15, -0.1) is 0 Å². The van der Waals surface area contributed by atoms with E-state index < -0.39 is 0 Å². The second kappa shape index (κ2) is 8.40. The molecule has 0 saturated heterocycles. The van der Waals surface area contributed by atoms with Crippen molar-refractivity contribution in [3.8, 4) is 5.75 Å². The Morgan fingerprint density at radius 3 is 2.28 bits per heavy atom. The lowest BCUT2D eigenvalue weighted by Gasteiger charge is -2.11. The summed E-state index contributed by atoms with van der Waals surface area (Å²) in [6, 6.07) is 26.8. The molecule has 29 heavy (non-hydrogen) atoms. The summed E-state index contributed by atoms with van der Waals surface area (Å²) in [4.78, 5) is 13.3. The van der Waals surface area contributed by atoms with E-state index >= 15 is 0 Å². The number of benzene rings is 3. The summed E-state index contributed by atoms with van der Waals surface area (Å²) in [7, 11) is 0. The van der Waals surface area contributed by atoms with Gasteiger partial charge in [0.1, 0.15) is 18.1 Å². The van der Waals surface area contributed by atoms with Gasteiger partial charge in [-0.05, 0) is 24.3 Å². The fourth-order valence-electron chi connectivity index (χ4n) is 3.13. The summed E-state index contributed by atoms with van der Waals surface area (Å²) < 4.78 is 5.76. The maximum Gasteiger partial charge on any atom is 0.281 e. The predicted octanol–water partition coefficient (Wildman–Crippen LogP) is 5.09. The first-order valence-corrected chi connectivity index (χ1v) is 9.36. The number of para-hydroxylation sites is 2. The number of carbonyl (C=O) groups is 1. The second-order valence-electron chi connectivity index (χ2n) is 6.46. The van der Waals surface area contributed by atoms with Crippen LogP contribution in [0.25, 0.3) is 6.08 Å². The van der Waals surface area contributed by atoms with Crippen LogP contribution in [0.2, 0.25) is 0 Å². The minimum absolute atomic E-state index is 0.173. The van der Waals surface area contributed by atoms with Crippen LogP contribution in [0.1, 0.15) is 11.1 Å². The normalized spacial score (nSPS) is 14.8. The highest BCUT2D eigenvalue weighted by Crippen LogP contribution is 2.29. The Hall–Kier alpha value is -3.92. The zero-order chi connectivity index (χ0) is 20.1. The Morgan fingerprint density at radius 2 is 1.55 bits per heavy atom. The highest BCUT2D eigenvalue weighted by molar-refractivity contribution is 6.37. The van der Waals surface area contributed by atoms with Crippen molar-refractivity contribution in [2.45, 2.75) is 0 Å². The molecule has 0 radical (unpaired) electrons. The summed E-state index contributed by atoms with van der Waals surface area (Å²) in [6.45, 7) is 4.09. The predicted molar refractivity (Wildman–Crippen MR) is 117 cm³/mol. The minimum Gasteiger partial charge on any atom is -0.489 e. The lowest BCUT2D eigenvalue weighted by molar-refractivity contribution is -0.114. The van der Waals surface area contributed by atoms with Crippen LogP contribution < -0.4 is 9.75 Å². The smallest absolute Gasteiger partial charge is 0.281 e. The number of anilines is 1. The van der Waals surface area contributed by atoms with Crippen LogP contribution in [0.4, 0.5) is 5.69 Å². The number of ether oxygens (including phenoxy) is 1. The molecule has 0 fully saturated rings. The van der Waals surface area contributed by atoms with Gasteiger partial charge in [-0.3, -0.25) is 4.79 Å². The number of carbonyl (C=O) groups excluding carboxylic acids is 1. The molecule has 4 nitrogen and oxygen atoms in total. The number of amides is 1. The number of hydrazone groups is 1. The highest BCUT2D eigenvalue weighted by Gasteiger charge is 2.32. The zero-order valence-corrected chi connectivity index (χ0v) is 15.9. The number of nitrogens with zero attached hydrogens (tertiary/aromatic N) is 2. The molecule has 1 aliphatic rings. The Morgan fingerprint density at radius 1 is 0.897 bits per heavy atom. The van der Waals surface area contributed by atoms with Crippen molar-refractivity contribution in [1.82, 2.24) is 0 Å². The van der Waals surface area contributed by atoms with E-state index in [1.165, 1.54) is 5.01 Å². The average molecular weight is 380 g/mol. The van der Waals surface area contributed by atoms with Crippen molar-refractivity contribution < 1.29 is 9.53 Å². The van der Waals surface area contributed by atoms with E-state index in [-0.39, 0.29) is 5.91 Å². The largest absolute Gasteiger partial charge is 0.489 e. The topological polar surface area (TPSA) is 41.9 Å². The van der Waals surface area contributed by atoms with Crippen LogP contribution in [0.3, 0.4) is 0 Å². The number of hydrogen-bond acceptors (Lipinski definition) is 3. The molecule has 1 heterocycles. The average Bonchev–Trinajstić information content (AvgIpc) is 3.10.